The van der Waals surface area contributed by atoms with Gasteiger partial charge >= 0.3 is 5.97 Å². The van der Waals surface area contributed by atoms with Crippen molar-refractivity contribution in [3.63, 3.8) is 0 Å². The second kappa shape index (κ2) is 8.64. The highest BCUT2D eigenvalue weighted by atomic mass is 35.5. The van der Waals surface area contributed by atoms with E-state index in [0.717, 1.165) is 53.7 Å². The first kappa shape index (κ1) is 20.5. The molecule has 4 aliphatic heterocycles. The van der Waals surface area contributed by atoms with Gasteiger partial charge in [-0.2, -0.15) is 0 Å². The minimum Gasteiger partial charge on any atom is -0.459 e. The molecule has 0 N–H and O–H groups in total. The van der Waals surface area contributed by atoms with E-state index in [2.05, 4.69) is 9.80 Å². The number of carbonyl (C=O) groups excluding carboxylic acids is 1. The van der Waals surface area contributed by atoms with Crippen LogP contribution in [0.15, 0.2) is 24.3 Å². The molecule has 5 atom stereocenters. The van der Waals surface area contributed by atoms with Crippen LogP contribution in [-0.4, -0.2) is 59.1 Å². The van der Waals surface area contributed by atoms with Crippen LogP contribution in [0.3, 0.4) is 0 Å². The molecule has 0 radical (unpaired) electrons. The maximum atomic E-state index is 12.4. The number of benzene rings is 1. The van der Waals surface area contributed by atoms with Gasteiger partial charge in [0.1, 0.15) is 6.10 Å². The molecule has 5 heteroatoms. The lowest BCUT2D eigenvalue weighted by Crippen LogP contribution is -2.65. The Labute approximate surface area is 185 Å². The van der Waals surface area contributed by atoms with E-state index in [1.165, 1.54) is 45.1 Å². The summed E-state index contributed by atoms with van der Waals surface area (Å²) in [5.74, 6) is -0.229. The molecule has 2 bridgehead atoms. The Morgan fingerprint density at radius 3 is 2.53 bits per heavy atom. The molecule has 1 aromatic rings. The average Bonchev–Trinajstić information content (AvgIpc) is 2.74. The maximum absolute atomic E-state index is 12.4. The molecule has 1 aromatic carbocycles. The third-order valence-electron chi connectivity index (χ3n) is 7.83. The highest BCUT2D eigenvalue weighted by Gasteiger charge is 2.47. The predicted molar refractivity (Wildman–Crippen MR) is 121 cm³/mol. The van der Waals surface area contributed by atoms with E-state index in [1.807, 2.05) is 31.2 Å². The van der Waals surface area contributed by atoms with Crippen LogP contribution in [0.5, 0.6) is 0 Å². The first-order chi connectivity index (χ1) is 14.6. The van der Waals surface area contributed by atoms with Crippen LogP contribution < -0.4 is 0 Å². The summed E-state index contributed by atoms with van der Waals surface area (Å²) >= 11 is 6.08. The van der Waals surface area contributed by atoms with Gasteiger partial charge in [0.25, 0.3) is 0 Å². The zero-order valence-electron chi connectivity index (χ0n) is 17.9. The van der Waals surface area contributed by atoms with Gasteiger partial charge in [0.15, 0.2) is 0 Å². The minimum absolute atomic E-state index is 0.0475. The summed E-state index contributed by atoms with van der Waals surface area (Å²) in [5.41, 5.74) is 1.98. The van der Waals surface area contributed by atoms with Gasteiger partial charge in [0.2, 0.25) is 0 Å². The monoisotopic (exact) mass is 428 g/mol. The molecule has 0 aliphatic carbocycles. The third kappa shape index (κ3) is 4.19. The van der Waals surface area contributed by atoms with Gasteiger partial charge in [0.05, 0.1) is 0 Å². The Hall–Kier alpha value is -1.36. The molecule has 5 rings (SSSR count). The number of nitrogens with zero attached hydrogens (tertiary/aromatic N) is 2. The SMILES string of the molecule is Cc1cc(/C=C/C(=O)OC2CCN3[C@@H]4C[C@@H](C[C@@H]3C2)N2CCCC[C@@H]2C4)ccc1Cl. The van der Waals surface area contributed by atoms with Crippen molar-refractivity contribution < 1.29 is 9.53 Å². The van der Waals surface area contributed by atoms with Crippen molar-refractivity contribution in [2.45, 2.75) is 88.6 Å². The molecule has 30 heavy (non-hydrogen) atoms. The molecule has 4 fully saturated rings. The van der Waals surface area contributed by atoms with E-state index in [9.17, 15) is 4.79 Å². The van der Waals surface area contributed by atoms with Crippen LogP contribution in [0, 0.1) is 6.92 Å². The molecule has 1 unspecified atom stereocenters. The highest BCUT2D eigenvalue weighted by Crippen LogP contribution is 2.42. The van der Waals surface area contributed by atoms with Crippen molar-refractivity contribution in [3.8, 4) is 0 Å². The topological polar surface area (TPSA) is 32.8 Å². The molecule has 4 nitrogen and oxygen atoms in total. The fourth-order valence-electron chi connectivity index (χ4n) is 6.42. The van der Waals surface area contributed by atoms with Gasteiger partial charge in [-0.3, -0.25) is 9.80 Å². The normalized spacial score (nSPS) is 34.4. The maximum Gasteiger partial charge on any atom is 0.331 e. The van der Waals surface area contributed by atoms with E-state index in [1.54, 1.807) is 6.08 Å². The number of rotatable bonds is 3. The number of carbonyl (C=O) groups is 1. The summed E-state index contributed by atoms with van der Waals surface area (Å²) < 4.78 is 5.85. The quantitative estimate of drug-likeness (QED) is 0.510. The van der Waals surface area contributed by atoms with Gasteiger partial charge in [0, 0.05) is 48.2 Å². The zero-order valence-corrected chi connectivity index (χ0v) is 18.7. The molecular formula is C25H33ClN2O2. The lowest BCUT2D eigenvalue weighted by Gasteiger charge is -2.58. The van der Waals surface area contributed by atoms with Crippen LogP contribution in [0.25, 0.3) is 6.08 Å². The van der Waals surface area contributed by atoms with Gasteiger partial charge in [-0.05, 0) is 75.3 Å². The summed E-state index contributed by atoms with van der Waals surface area (Å²) in [5, 5.41) is 0.745. The number of piperidine rings is 4. The Balaban J connectivity index is 1.18. The fourth-order valence-corrected chi connectivity index (χ4v) is 6.54. The lowest BCUT2D eigenvalue weighted by molar-refractivity contribution is -0.149. The number of fused-ring (bicyclic) bond motifs is 6. The molecular weight excluding hydrogens is 396 g/mol. The van der Waals surface area contributed by atoms with E-state index in [-0.39, 0.29) is 12.1 Å². The number of hydrogen-bond donors (Lipinski definition) is 0. The Bertz CT molecular complexity index is 825. The molecule has 162 valence electrons. The second-order valence-electron chi connectivity index (χ2n) is 9.72. The van der Waals surface area contributed by atoms with Crippen molar-refractivity contribution in [3.05, 3.63) is 40.4 Å². The third-order valence-corrected chi connectivity index (χ3v) is 8.26. The first-order valence-corrected chi connectivity index (χ1v) is 12.1. The van der Waals surface area contributed by atoms with Crippen molar-refractivity contribution in [1.29, 1.82) is 0 Å². The van der Waals surface area contributed by atoms with E-state index in [4.69, 9.17) is 16.3 Å². The summed E-state index contributed by atoms with van der Waals surface area (Å²) in [6.07, 6.45) is 13.5. The first-order valence-electron chi connectivity index (χ1n) is 11.7. The van der Waals surface area contributed by atoms with Gasteiger partial charge in [-0.1, -0.05) is 30.2 Å². The molecule has 0 aromatic heterocycles. The number of aryl methyl sites for hydroxylation is 1. The van der Waals surface area contributed by atoms with Gasteiger partial charge in [-0.15, -0.1) is 0 Å². The molecule has 4 heterocycles. The van der Waals surface area contributed by atoms with Crippen molar-refractivity contribution in [2.24, 2.45) is 0 Å². The Morgan fingerprint density at radius 2 is 1.73 bits per heavy atom. The summed E-state index contributed by atoms with van der Waals surface area (Å²) in [7, 11) is 0. The predicted octanol–water partition coefficient (Wildman–Crippen LogP) is 4.83. The standard InChI is InChI=1S/C25H33ClN2O2/c1-17-12-18(5-7-24(17)26)6-8-25(29)30-23-9-11-28-20-13-19-4-2-3-10-27(19)21(14-20)15-22(28)16-23/h5-8,12,19-23H,2-4,9-11,13-16H2,1H3/b8-6+/t19-,20+,21+,22-,23?/m1/s1. The van der Waals surface area contributed by atoms with Crippen molar-refractivity contribution in [1.82, 2.24) is 9.80 Å². The Morgan fingerprint density at radius 1 is 1.00 bits per heavy atom. The average molecular weight is 429 g/mol. The Kier molecular flexibility index (Phi) is 5.92. The zero-order chi connectivity index (χ0) is 20.7. The largest absolute Gasteiger partial charge is 0.459 e. The minimum atomic E-state index is -0.229. The summed E-state index contributed by atoms with van der Waals surface area (Å²) in [6.45, 7) is 4.34. The van der Waals surface area contributed by atoms with Crippen LogP contribution in [0.4, 0.5) is 0 Å². The van der Waals surface area contributed by atoms with Crippen LogP contribution in [0.1, 0.15) is 62.5 Å². The van der Waals surface area contributed by atoms with E-state index < -0.39 is 0 Å². The van der Waals surface area contributed by atoms with Crippen LogP contribution in [-0.2, 0) is 9.53 Å². The molecule has 0 saturated carbocycles. The number of esters is 1. The van der Waals surface area contributed by atoms with Crippen LogP contribution >= 0.6 is 11.6 Å². The van der Waals surface area contributed by atoms with Crippen molar-refractivity contribution in [2.75, 3.05) is 13.1 Å². The number of hydrogen-bond acceptors (Lipinski definition) is 4. The lowest BCUT2D eigenvalue weighted by atomic mass is 9.76. The van der Waals surface area contributed by atoms with E-state index in [0.29, 0.717) is 6.04 Å². The van der Waals surface area contributed by atoms with Crippen molar-refractivity contribution >= 4 is 23.6 Å². The molecule has 4 aliphatic rings. The molecule has 4 saturated heterocycles. The number of ether oxygens (including phenoxy) is 1. The van der Waals surface area contributed by atoms with Gasteiger partial charge < -0.3 is 4.74 Å². The van der Waals surface area contributed by atoms with Gasteiger partial charge in [-0.25, -0.2) is 4.79 Å². The second-order valence-corrected chi connectivity index (χ2v) is 10.1. The van der Waals surface area contributed by atoms with E-state index >= 15 is 0 Å². The summed E-state index contributed by atoms with van der Waals surface area (Å²) in [6, 6.07) is 8.66. The molecule has 0 spiro atoms. The summed E-state index contributed by atoms with van der Waals surface area (Å²) in [4.78, 5) is 18.0. The molecule has 0 amide bonds. The highest BCUT2D eigenvalue weighted by molar-refractivity contribution is 6.31. The number of halogens is 1. The fraction of sp³-hybridized carbons (Fsp3) is 0.640. The smallest absolute Gasteiger partial charge is 0.331 e. The van der Waals surface area contributed by atoms with Crippen LogP contribution in [0.2, 0.25) is 5.02 Å².